The minimum atomic E-state index is 0. The summed E-state index contributed by atoms with van der Waals surface area (Å²) in [5.74, 6) is 0. The number of hydrogen-bond acceptors (Lipinski definition) is 6. The highest BCUT2D eigenvalue weighted by Crippen LogP contribution is 1.78. The molecule has 2 heterocycles. The molecule has 0 aliphatic rings. The first-order valence-electron chi connectivity index (χ1n) is 2.51. The Labute approximate surface area is 67.4 Å². The third kappa shape index (κ3) is 5.12. The molecule has 0 bridgehead atoms. The summed E-state index contributed by atoms with van der Waals surface area (Å²) in [6, 6.07) is 0. The first-order chi connectivity index (χ1) is 5.00. The third-order valence-corrected chi connectivity index (χ3v) is 1.05. The summed E-state index contributed by atoms with van der Waals surface area (Å²) >= 11 is 1.35. The van der Waals surface area contributed by atoms with E-state index in [0.717, 1.165) is 0 Å². The second-order valence-electron chi connectivity index (χ2n) is 1.24. The highest BCUT2D eigenvalue weighted by molar-refractivity contribution is 7.03. The van der Waals surface area contributed by atoms with Crippen molar-refractivity contribution in [3.05, 3.63) is 24.0 Å². The van der Waals surface area contributed by atoms with Gasteiger partial charge in [-0.3, -0.25) is 0 Å². The molecule has 7 heteroatoms. The van der Waals surface area contributed by atoms with Crippen molar-refractivity contribution in [2.24, 2.45) is 0 Å². The zero-order valence-corrected chi connectivity index (χ0v) is 6.53. The molecule has 0 unspecified atom stereocenters. The molecule has 60 valence electrons. The van der Waals surface area contributed by atoms with Crippen molar-refractivity contribution in [1.29, 1.82) is 0 Å². The number of H-pyrrole nitrogens is 1. The monoisotopic (exact) mass is 172 g/mol. The van der Waals surface area contributed by atoms with Crippen LogP contribution in [0.2, 0.25) is 0 Å². The van der Waals surface area contributed by atoms with Gasteiger partial charge in [0, 0.05) is 5.38 Å². The maximum absolute atomic E-state index is 3.51. The van der Waals surface area contributed by atoms with E-state index in [1.807, 2.05) is 5.38 Å². The maximum atomic E-state index is 3.51. The minimum Gasteiger partial charge on any atom is -0.344 e. The summed E-state index contributed by atoms with van der Waals surface area (Å²) in [6.45, 7) is 0. The zero-order chi connectivity index (χ0) is 7.07. The van der Waals surface area contributed by atoms with Gasteiger partial charge in [0.25, 0.3) is 0 Å². The standard InChI is InChI=1S/C2H3N3.C2H2N2S.H3N/c1-2-4-5-3-1;1-2-5-4-3-1;/h1-2H,(H,3,4,5);1-2H;1H3. The van der Waals surface area contributed by atoms with Gasteiger partial charge in [0.1, 0.15) is 0 Å². The lowest BCUT2D eigenvalue weighted by Gasteiger charge is -1.48. The van der Waals surface area contributed by atoms with Crippen LogP contribution in [-0.2, 0) is 0 Å². The summed E-state index contributed by atoms with van der Waals surface area (Å²) in [5, 5.41) is 14.6. The molecule has 0 aromatic carbocycles. The number of nitrogens with one attached hydrogen (secondary N) is 1. The van der Waals surface area contributed by atoms with Crippen LogP contribution in [-0.4, -0.2) is 25.0 Å². The summed E-state index contributed by atoms with van der Waals surface area (Å²) in [6.07, 6.45) is 4.82. The van der Waals surface area contributed by atoms with Crippen molar-refractivity contribution >= 4 is 11.5 Å². The molecular weight excluding hydrogens is 164 g/mol. The fraction of sp³-hybridized carbons (Fsp3) is 0. The molecule has 0 radical (unpaired) electrons. The lowest BCUT2D eigenvalue weighted by atomic mass is 11.0. The van der Waals surface area contributed by atoms with E-state index in [4.69, 9.17) is 0 Å². The fourth-order valence-corrected chi connectivity index (χ4v) is 0.575. The van der Waals surface area contributed by atoms with Crippen LogP contribution in [0.3, 0.4) is 0 Å². The van der Waals surface area contributed by atoms with Gasteiger partial charge >= 0.3 is 0 Å². The average molecular weight is 172 g/mol. The zero-order valence-electron chi connectivity index (χ0n) is 5.71. The van der Waals surface area contributed by atoms with E-state index in [1.54, 1.807) is 18.6 Å². The van der Waals surface area contributed by atoms with Crippen molar-refractivity contribution < 1.29 is 0 Å². The number of rotatable bonds is 0. The molecule has 0 atom stereocenters. The van der Waals surface area contributed by atoms with Crippen molar-refractivity contribution in [2.45, 2.75) is 0 Å². The molecule has 6 nitrogen and oxygen atoms in total. The van der Waals surface area contributed by atoms with Crippen LogP contribution in [0.5, 0.6) is 0 Å². The molecular formula is C4H8N6S. The molecule has 2 rings (SSSR count). The van der Waals surface area contributed by atoms with E-state index in [2.05, 4.69) is 25.0 Å². The third-order valence-electron chi connectivity index (χ3n) is 0.614. The Kier molecular flexibility index (Phi) is 5.95. The van der Waals surface area contributed by atoms with Crippen LogP contribution < -0.4 is 6.15 Å². The van der Waals surface area contributed by atoms with Gasteiger partial charge in [-0.1, -0.05) is 4.49 Å². The van der Waals surface area contributed by atoms with Gasteiger partial charge < -0.3 is 6.15 Å². The van der Waals surface area contributed by atoms with Crippen LogP contribution >= 0.6 is 11.5 Å². The Hall–Kier alpha value is -1.34. The molecule has 11 heavy (non-hydrogen) atoms. The number of aromatic nitrogens is 5. The Morgan fingerprint density at radius 2 is 1.82 bits per heavy atom. The van der Waals surface area contributed by atoms with E-state index in [0.29, 0.717) is 0 Å². The van der Waals surface area contributed by atoms with Gasteiger partial charge in [0.15, 0.2) is 0 Å². The lowest BCUT2D eigenvalue weighted by Crippen LogP contribution is -1.61. The topological polar surface area (TPSA) is 102 Å². The largest absolute Gasteiger partial charge is 0.344 e. The van der Waals surface area contributed by atoms with Crippen LogP contribution in [0.4, 0.5) is 0 Å². The molecule has 0 fully saturated rings. The SMILES string of the molecule is N.c1cn[nH]n1.c1csnn1. The molecule has 0 spiro atoms. The van der Waals surface area contributed by atoms with Crippen LogP contribution in [0, 0.1) is 0 Å². The Bertz CT molecular complexity index is 154. The van der Waals surface area contributed by atoms with Crippen molar-refractivity contribution in [3.8, 4) is 0 Å². The predicted molar refractivity (Wildman–Crippen MR) is 41.3 cm³/mol. The fourth-order valence-electron chi connectivity index (χ4n) is 0.303. The quantitative estimate of drug-likeness (QED) is 0.602. The van der Waals surface area contributed by atoms with Crippen LogP contribution in [0.1, 0.15) is 0 Å². The van der Waals surface area contributed by atoms with E-state index < -0.39 is 0 Å². The van der Waals surface area contributed by atoms with Gasteiger partial charge in [0.05, 0.1) is 18.6 Å². The number of hydrogen-bond donors (Lipinski definition) is 2. The van der Waals surface area contributed by atoms with Crippen molar-refractivity contribution in [3.63, 3.8) is 0 Å². The molecule has 0 aliphatic carbocycles. The number of nitrogens with zero attached hydrogens (tertiary/aromatic N) is 4. The normalized spacial score (nSPS) is 7.27. The first kappa shape index (κ1) is 9.66. The molecule has 2 aromatic heterocycles. The lowest BCUT2D eigenvalue weighted by molar-refractivity contribution is 0.940. The Balaban J connectivity index is 0.000000167. The van der Waals surface area contributed by atoms with Crippen LogP contribution in [0.25, 0.3) is 0 Å². The van der Waals surface area contributed by atoms with E-state index >= 15 is 0 Å². The van der Waals surface area contributed by atoms with Gasteiger partial charge in [-0.2, -0.15) is 15.4 Å². The van der Waals surface area contributed by atoms with Gasteiger partial charge in [-0.25, -0.2) is 0 Å². The number of aromatic amines is 1. The van der Waals surface area contributed by atoms with E-state index in [9.17, 15) is 0 Å². The molecule has 0 saturated carbocycles. The molecule has 0 amide bonds. The van der Waals surface area contributed by atoms with Gasteiger partial charge in [-0.05, 0) is 11.5 Å². The molecule has 4 N–H and O–H groups in total. The smallest absolute Gasteiger partial charge is 0.0690 e. The second-order valence-corrected chi connectivity index (χ2v) is 1.89. The van der Waals surface area contributed by atoms with Gasteiger partial charge in [0.2, 0.25) is 0 Å². The van der Waals surface area contributed by atoms with Crippen molar-refractivity contribution in [2.75, 3.05) is 0 Å². The van der Waals surface area contributed by atoms with Gasteiger partial charge in [-0.15, -0.1) is 5.10 Å². The van der Waals surface area contributed by atoms with E-state index in [-0.39, 0.29) is 6.15 Å². The Morgan fingerprint density at radius 3 is 2.00 bits per heavy atom. The summed E-state index contributed by atoms with van der Waals surface area (Å²) in [7, 11) is 0. The average Bonchev–Trinajstić information content (AvgIpc) is 2.67. The summed E-state index contributed by atoms with van der Waals surface area (Å²) in [5.41, 5.74) is 0. The maximum Gasteiger partial charge on any atom is 0.0690 e. The molecule has 2 aromatic rings. The molecule has 0 saturated heterocycles. The molecule has 0 aliphatic heterocycles. The predicted octanol–water partition coefficient (Wildman–Crippen LogP) is 0.505. The van der Waals surface area contributed by atoms with Crippen molar-refractivity contribution in [1.82, 2.24) is 31.1 Å². The highest BCUT2D eigenvalue weighted by atomic mass is 32.1. The summed E-state index contributed by atoms with van der Waals surface area (Å²) in [4.78, 5) is 0. The second kappa shape index (κ2) is 6.78. The summed E-state index contributed by atoms with van der Waals surface area (Å²) < 4.78 is 3.51. The Morgan fingerprint density at radius 1 is 1.09 bits per heavy atom. The minimum absolute atomic E-state index is 0. The van der Waals surface area contributed by atoms with E-state index in [1.165, 1.54) is 11.5 Å². The first-order valence-corrected chi connectivity index (χ1v) is 3.34. The highest BCUT2D eigenvalue weighted by Gasteiger charge is 1.61. The van der Waals surface area contributed by atoms with Crippen LogP contribution in [0.15, 0.2) is 24.0 Å².